The largest absolute Gasteiger partial charge is 0.385 e. The number of hydrogen-bond donors (Lipinski definition) is 1. The van der Waals surface area contributed by atoms with Gasteiger partial charge in [0, 0.05) is 32.7 Å². The van der Waals surface area contributed by atoms with Crippen molar-refractivity contribution in [3.05, 3.63) is 12.2 Å². The third-order valence-corrected chi connectivity index (χ3v) is 2.50. The van der Waals surface area contributed by atoms with Crippen LogP contribution >= 0.6 is 0 Å². The maximum atomic E-state index is 6.03. The third-order valence-electron chi connectivity index (χ3n) is 2.50. The van der Waals surface area contributed by atoms with E-state index in [-0.39, 0.29) is 6.04 Å². The van der Waals surface area contributed by atoms with E-state index < -0.39 is 0 Å². The lowest BCUT2D eigenvalue weighted by Gasteiger charge is -2.11. The molecule has 1 heterocycles. The van der Waals surface area contributed by atoms with Crippen LogP contribution in [-0.4, -0.2) is 34.5 Å². The molecule has 0 saturated heterocycles. The Morgan fingerprint density at radius 1 is 1.56 bits per heavy atom. The number of aromatic nitrogens is 3. The maximum absolute atomic E-state index is 6.03. The molecular weight excluding hydrogens is 204 g/mol. The van der Waals surface area contributed by atoms with Gasteiger partial charge in [-0.15, -0.1) is 0 Å². The molecule has 0 aliphatic carbocycles. The number of nitrogens with two attached hydrogens (primary N) is 1. The van der Waals surface area contributed by atoms with Gasteiger partial charge in [-0.1, -0.05) is 6.92 Å². The predicted molar refractivity (Wildman–Crippen MR) is 63.1 cm³/mol. The first-order valence-corrected chi connectivity index (χ1v) is 5.89. The topological polar surface area (TPSA) is 66.0 Å². The quantitative estimate of drug-likeness (QED) is 0.671. The van der Waals surface area contributed by atoms with Crippen LogP contribution in [0.2, 0.25) is 0 Å². The molecule has 1 aromatic rings. The summed E-state index contributed by atoms with van der Waals surface area (Å²) in [6.45, 7) is 3.82. The van der Waals surface area contributed by atoms with Crippen molar-refractivity contribution >= 4 is 0 Å². The number of nitrogens with zero attached hydrogens (tertiary/aromatic N) is 3. The Hall–Kier alpha value is -0.940. The van der Waals surface area contributed by atoms with Gasteiger partial charge < -0.3 is 10.5 Å². The number of rotatable bonds is 8. The molecule has 0 amide bonds. The standard InChI is InChI=1S/C11H22N4O/c1-3-6-15-11(13-9-14-15)8-10(12)5-4-7-16-2/h9-10H,3-8,12H2,1-2H3. The van der Waals surface area contributed by atoms with E-state index >= 15 is 0 Å². The molecule has 1 rings (SSSR count). The second-order valence-electron chi connectivity index (χ2n) is 4.00. The average molecular weight is 226 g/mol. The lowest BCUT2D eigenvalue weighted by atomic mass is 10.1. The van der Waals surface area contributed by atoms with Gasteiger partial charge in [-0.3, -0.25) is 4.68 Å². The molecule has 1 atom stereocenters. The Labute approximate surface area is 97.0 Å². The fourth-order valence-corrected chi connectivity index (χ4v) is 1.67. The minimum absolute atomic E-state index is 0.148. The van der Waals surface area contributed by atoms with Crippen LogP contribution in [-0.2, 0) is 17.7 Å². The van der Waals surface area contributed by atoms with Gasteiger partial charge in [0.1, 0.15) is 12.2 Å². The van der Waals surface area contributed by atoms with Gasteiger partial charge in [0.05, 0.1) is 0 Å². The number of aryl methyl sites for hydroxylation is 1. The molecule has 0 saturated carbocycles. The SMILES string of the molecule is CCCn1ncnc1CC(N)CCCOC. The van der Waals surface area contributed by atoms with Crippen molar-refractivity contribution in [3.8, 4) is 0 Å². The van der Waals surface area contributed by atoms with Crippen molar-refractivity contribution in [3.63, 3.8) is 0 Å². The fourth-order valence-electron chi connectivity index (χ4n) is 1.67. The lowest BCUT2D eigenvalue weighted by Crippen LogP contribution is -2.25. The summed E-state index contributed by atoms with van der Waals surface area (Å²) in [6.07, 6.45) is 5.43. The Balaban J connectivity index is 2.36. The van der Waals surface area contributed by atoms with Gasteiger partial charge in [0.15, 0.2) is 0 Å². The zero-order chi connectivity index (χ0) is 11.8. The number of ether oxygens (including phenoxy) is 1. The van der Waals surface area contributed by atoms with Crippen molar-refractivity contribution in [2.75, 3.05) is 13.7 Å². The van der Waals surface area contributed by atoms with Gasteiger partial charge in [0.2, 0.25) is 0 Å². The van der Waals surface area contributed by atoms with E-state index in [0.717, 1.165) is 44.7 Å². The lowest BCUT2D eigenvalue weighted by molar-refractivity contribution is 0.190. The maximum Gasteiger partial charge on any atom is 0.138 e. The second-order valence-corrected chi connectivity index (χ2v) is 4.00. The number of hydrogen-bond acceptors (Lipinski definition) is 4. The molecule has 0 aromatic carbocycles. The van der Waals surface area contributed by atoms with Crippen LogP contribution in [0, 0.1) is 0 Å². The van der Waals surface area contributed by atoms with Crippen LogP contribution in [0.15, 0.2) is 6.33 Å². The zero-order valence-corrected chi connectivity index (χ0v) is 10.2. The van der Waals surface area contributed by atoms with Crippen LogP contribution in [0.5, 0.6) is 0 Å². The van der Waals surface area contributed by atoms with E-state index in [1.165, 1.54) is 0 Å². The van der Waals surface area contributed by atoms with Crippen molar-refractivity contribution in [2.24, 2.45) is 5.73 Å². The van der Waals surface area contributed by atoms with Crippen LogP contribution in [0.1, 0.15) is 32.0 Å². The van der Waals surface area contributed by atoms with E-state index in [1.54, 1.807) is 13.4 Å². The van der Waals surface area contributed by atoms with Gasteiger partial charge in [-0.2, -0.15) is 5.10 Å². The molecule has 92 valence electrons. The molecule has 1 aromatic heterocycles. The zero-order valence-electron chi connectivity index (χ0n) is 10.2. The molecule has 5 heteroatoms. The highest BCUT2D eigenvalue weighted by Gasteiger charge is 2.09. The minimum atomic E-state index is 0.148. The summed E-state index contributed by atoms with van der Waals surface area (Å²) in [5, 5.41) is 4.18. The van der Waals surface area contributed by atoms with E-state index in [4.69, 9.17) is 10.5 Å². The van der Waals surface area contributed by atoms with Crippen LogP contribution in [0.4, 0.5) is 0 Å². The van der Waals surface area contributed by atoms with Crippen LogP contribution in [0.25, 0.3) is 0 Å². The first-order valence-electron chi connectivity index (χ1n) is 5.89. The fraction of sp³-hybridized carbons (Fsp3) is 0.818. The summed E-state index contributed by atoms with van der Waals surface area (Å²) < 4.78 is 6.94. The molecule has 2 N–H and O–H groups in total. The summed E-state index contributed by atoms with van der Waals surface area (Å²) in [4.78, 5) is 4.24. The highest BCUT2D eigenvalue weighted by molar-refractivity contribution is 4.88. The number of methoxy groups -OCH3 is 1. The monoisotopic (exact) mass is 226 g/mol. The van der Waals surface area contributed by atoms with Crippen molar-refractivity contribution in [2.45, 2.75) is 45.2 Å². The first kappa shape index (κ1) is 13.1. The molecule has 5 nitrogen and oxygen atoms in total. The highest BCUT2D eigenvalue weighted by atomic mass is 16.5. The summed E-state index contributed by atoms with van der Waals surface area (Å²) >= 11 is 0. The van der Waals surface area contributed by atoms with E-state index in [0.29, 0.717) is 0 Å². The van der Waals surface area contributed by atoms with Crippen molar-refractivity contribution < 1.29 is 4.74 Å². The molecule has 1 unspecified atom stereocenters. The molecular formula is C11H22N4O. The minimum Gasteiger partial charge on any atom is -0.385 e. The van der Waals surface area contributed by atoms with Gasteiger partial charge >= 0.3 is 0 Å². The smallest absolute Gasteiger partial charge is 0.138 e. The van der Waals surface area contributed by atoms with E-state index in [9.17, 15) is 0 Å². The normalized spacial score (nSPS) is 12.9. The predicted octanol–water partition coefficient (Wildman–Crippen LogP) is 0.984. The summed E-state index contributed by atoms with van der Waals surface area (Å²) in [5.74, 6) is 0.992. The van der Waals surface area contributed by atoms with Gasteiger partial charge in [0.25, 0.3) is 0 Å². The van der Waals surface area contributed by atoms with Gasteiger partial charge in [-0.05, 0) is 19.3 Å². The Kier molecular flexibility index (Phi) is 6.03. The molecule has 0 aliphatic heterocycles. The summed E-state index contributed by atoms with van der Waals surface area (Å²) in [5.41, 5.74) is 6.03. The molecule has 0 fully saturated rings. The summed E-state index contributed by atoms with van der Waals surface area (Å²) in [6, 6.07) is 0.148. The third kappa shape index (κ3) is 4.28. The Morgan fingerprint density at radius 2 is 2.38 bits per heavy atom. The van der Waals surface area contributed by atoms with Crippen molar-refractivity contribution in [1.82, 2.24) is 14.8 Å². The van der Waals surface area contributed by atoms with E-state index in [1.807, 2.05) is 4.68 Å². The van der Waals surface area contributed by atoms with Gasteiger partial charge in [-0.25, -0.2) is 4.98 Å². The highest BCUT2D eigenvalue weighted by Crippen LogP contribution is 2.04. The van der Waals surface area contributed by atoms with Crippen molar-refractivity contribution in [1.29, 1.82) is 0 Å². The van der Waals surface area contributed by atoms with Crippen LogP contribution < -0.4 is 5.73 Å². The first-order chi connectivity index (χ1) is 7.77. The van der Waals surface area contributed by atoms with E-state index in [2.05, 4.69) is 17.0 Å². The molecule has 16 heavy (non-hydrogen) atoms. The molecule has 0 spiro atoms. The molecule has 0 radical (unpaired) electrons. The Morgan fingerprint density at radius 3 is 3.06 bits per heavy atom. The Bertz CT molecular complexity index is 287. The average Bonchev–Trinajstić information content (AvgIpc) is 2.67. The molecule has 0 aliphatic rings. The molecule has 0 bridgehead atoms. The van der Waals surface area contributed by atoms with Crippen LogP contribution in [0.3, 0.4) is 0 Å². The second kappa shape index (κ2) is 7.35. The summed E-state index contributed by atoms with van der Waals surface area (Å²) in [7, 11) is 1.71.